The maximum Gasteiger partial charge on any atom is 0.248 e. The molecule has 0 unspecified atom stereocenters. The van der Waals surface area contributed by atoms with Gasteiger partial charge in [0.15, 0.2) is 5.78 Å². The molecule has 1 heterocycles. The molecule has 3 aromatic rings. The van der Waals surface area contributed by atoms with Crippen LogP contribution in [0.5, 0.6) is 5.75 Å². The number of aryl methyl sites for hydroxylation is 2. The molecule has 0 saturated heterocycles. The molecule has 0 fully saturated rings. The topological polar surface area (TPSA) is 68.5 Å². The number of hydrogen-bond acceptors (Lipinski definition) is 4. The molecule has 0 aliphatic carbocycles. The lowest BCUT2D eigenvalue weighted by molar-refractivity contribution is -0.111. The summed E-state index contributed by atoms with van der Waals surface area (Å²) in [6.07, 6.45) is 3.28. The number of rotatable bonds is 6. The zero-order chi connectivity index (χ0) is 21.1. The highest BCUT2D eigenvalue weighted by molar-refractivity contribution is 6.05. The van der Waals surface area contributed by atoms with Gasteiger partial charge in [-0.15, -0.1) is 0 Å². The monoisotopic (exact) mass is 391 g/mol. The normalized spacial score (nSPS) is 11.6. The van der Waals surface area contributed by atoms with Crippen molar-refractivity contribution in [1.82, 2.24) is 0 Å². The number of hydrogen-bond donors (Lipinski definition) is 1. The van der Waals surface area contributed by atoms with Crippen molar-refractivity contribution in [2.75, 3.05) is 11.9 Å². The Kier molecular flexibility index (Phi) is 5.87. The van der Waals surface area contributed by atoms with Crippen LogP contribution in [0.3, 0.4) is 0 Å². The average Bonchev–Trinajstić information content (AvgIpc) is 3.05. The standard InChI is InChI=1S/C24H25NO4/c1-6-28-23-16(4)24-21(15(3)13-29-24)12-20(23)14(2)11-22(27)25-19-9-7-18(8-10-19)17(5)26/h7-13H,6H2,1-5H3,(H,25,27)/b14-11+. The van der Waals surface area contributed by atoms with Crippen molar-refractivity contribution < 1.29 is 18.7 Å². The maximum absolute atomic E-state index is 12.5. The molecule has 1 N–H and O–H groups in total. The van der Waals surface area contributed by atoms with E-state index >= 15 is 0 Å². The Morgan fingerprint density at radius 1 is 1.14 bits per heavy atom. The molecule has 5 nitrogen and oxygen atoms in total. The zero-order valence-corrected chi connectivity index (χ0v) is 17.4. The molecule has 0 aliphatic rings. The SMILES string of the molecule is CCOc1c(/C(C)=C/C(=O)Nc2ccc(C(C)=O)cc2)cc2c(C)coc2c1C. The second-order valence-corrected chi connectivity index (χ2v) is 7.06. The first-order valence-corrected chi connectivity index (χ1v) is 9.56. The summed E-state index contributed by atoms with van der Waals surface area (Å²) in [5, 5.41) is 3.84. The fraction of sp³-hybridized carbons (Fsp3) is 0.250. The van der Waals surface area contributed by atoms with Gasteiger partial charge in [-0.05, 0) is 76.1 Å². The first kappa shape index (κ1) is 20.4. The van der Waals surface area contributed by atoms with Gasteiger partial charge in [-0.1, -0.05) is 0 Å². The number of benzene rings is 2. The molecule has 1 aromatic heterocycles. The second kappa shape index (κ2) is 8.35. The zero-order valence-electron chi connectivity index (χ0n) is 17.4. The van der Waals surface area contributed by atoms with Crippen molar-refractivity contribution in [3.63, 3.8) is 0 Å². The molecule has 1 amide bonds. The van der Waals surface area contributed by atoms with E-state index in [-0.39, 0.29) is 11.7 Å². The molecule has 0 bridgehead atoms. The number of carbonyl (C=O) groups excluding carboxylic acids is 2. The Labute approximate surface area is 170 Å². The molecular weight excluding hydrogens is 366 g/mol. The summed E-state index contributed by atoms with van der Waals surface area (Å²) < 4.78 is 11.6. The van der Waals surface area contributed by atoms with E-state index in [0.29, 0.717) is 17.9 Å². The summed E-state index contributed by atoms with van der Waals surface area (Å²) >= 11 is 0. The van der Waals surface area contributed by atoms with Gasteiger partial charge in [0.1, 0.15) is 11.3 Å². The van der Waals surface area contributed by atoms with E-state index in [2.05, 4.69) is 5.32 Å². The first-order chi connectivity index (χ1) is 13.8. The highest BCUT2D eigenvalue weighted by atomic mass is 16.5. The number of furan rings is 1. The molecule has 0 spiro atoms. The number of Topliss-reactive ketones (excluding diaryl/α,β-unsaturated/α-hetero) is 1. The number of nitrogens with one attached hydrogen (secondary N) is 1. The number of anilines is 1. The van der Waals surface area contributed by atoms with Gasteiger partial charge in [0, 0.05) is 33.8 Å². The molecule has 5 heteroatoms. The number of ether oxygens (including phenoxy) is 1. The van der Waals surface area contributed by atoms with Gasteiger partial charge < -0.3 is 14.5 Å². The number of ketones is 1. The van der Waals surface area contributed by atoms with Crippen LogP contribution in [-0.2, 0) is 4.79 Å². The van der Waals surface area contributed by atoms with Crippen molar-refractivity contribution in [1.29, 1.82) is 0 Å². The quantitative estimate of drug-likeness (QED) is 0.433. The number of allylic oxidation sites excluding steroid dienone is 1. The molecule has 0 radical (unpaired) electrons. The van der Waals surface area contributed by atoms with E-state index in [1.54, 1.807) is 36.6 Å². The largest absolute Gasteiger partial charge is 0.493 e. The van der Waals surface area contributed by atoms with Crippen molar-refractivity contribution in [2.45, 2.75) is 34.6 Å². The second-order valence-electron chi connectivity index (χ2n) is 7.06. The van der Waals surface area contributed by atoms with Gasteiger partial charge in [-0.2, -0.15) is 0 Å². The number of carbonyl (C=O) groups is 2. The van der Waals surface area contributed by atoms with Gasteiger partial charge in [0.25, 0.3) is 0 Å². The minimum atomic E-state index is -0.248. The molecule has 0 atom stereocenters. The predicted octanol–water partition coefficient (Wildman–Crippen LogP) is 5.69. The summed E-state index contributed by atoms with van der Waals surface area (Å²) in [6.45, 7) is 9.79. The fourth-order valence-electron chi connectivity index (χ4n) is 3.30. The van der Waals surface area contributed by atoms with Crippen molar-refractivity contribution in [3.8, 4) is 5.75 Å². The lowest BCUT2D eigenvalue weighted by Gasteiger charge is -2.14. The third kappa shape index (κ3) is 4.24. The van der Waals surface area contributed by atoms with Gasteiger partial charge in [0.2, 0.25) is 5.91 Å². The van der Waals surface area contributed by atoms with Crippen LogP contribution >= 0.6 is 0 Å². The maximum atomic E-state index is 12.5. The van der Waals surface area contributed by atoms with Crippen LogP contribution in [0.1, 0.15) is 47.8 Å². The van der Waals surface area contributed by atoms with Crippen molar-refractivity contribution in [2.24, 2.45) is 0 Å². The Hall–Kier alpha value is -3.34. The molecule has 2 aromatic carbocycles. The molecule has 3 rings (SSSR count). The Morgan fingerprint density at radius 2 is 1.83 bits per heavy atom. The van der Waals surface area contributed by atoms with E-state index in [1.165, 1.54) is 6.92 Å². The van der Waals surface area contributed by atoms with Gasteiger partial charge in [0.05, 0.1) is 12.9 Å². The molecule has 0 aliphatic heterocycles. The Morgan fingerprint density at radius 3 is 2.45 bits per heavy atom. The summed E-state index contributed by atoms with van der Waals surface area (Å²) in [4.78, 5) is 23.9. The van der Waals surface area contributed by atoms with E-state index in [0.717, 1.165) is 39.0 Å². The highest BCUT2D eigenvalue weighted by Crippen LogP contribution is 2.37. The van der Waals surface area contributed by atoms with Gasteiger partial charge >= 0.3 is 0 Å². The van der Waals surface area contributed by atoms with Gasteiger partial charge in [-0.25, -0.2) is 0 Å². The lowest BCUT2D eigenvalue weighted by Crippen LogP contribution is -2.09. The minimum absolute atomic E-state index is 0.0117. The summed E-state index contributed by atoms with van der Waals surface area (Å²) in [5.41, 5.74) is 5.65. The summed E-state index contributed by atoms with van der Waals surface area (Å²) in [6, 6.07) is 8.83. The molecular formula is C24H25NO4. The number of fused-ring (bicyclic) bond motifs is 1. The Bertz CT molecular complexity index is 1100. The van der Waals surface area contributed by atoms with Gasteiger partial charge in [-0.3, -0.25) is 9.59 Å². The Balaban J connectivity index is 1.92. The van der Waals surface area contributed by atoms with Crippen molar-refractivity contribution >= 4 is 33.9 Å². The smallest absolute Gasteiger partial charge is 0.248 e. The van der Waals surface area contributed by atoms with Crippen LogP contribution in [0, 0.1) is 13.8 Å². The minimum Gasteiger partial charge on any atom is -0.493 e. The van der Waals surface area contributed by atoms with E-state index < -0.39 is 0 Å². The first-order valence-electron chi connectivity index (χ1n) is 9.56. The predicted molar refractivity (Wildman–Crippen MR) is 116 cm³/mol. The molecule has 150 valence electrons. The highest BCUT2D eigenvalue weighted by Gasteiger charge is 2.17. The van der Waals surface area contributed by atoms with Crippen LogP contribution < -0.4 is 10.1 Å². The van der Waals surface area contributed by atoms with E-state index in [9.17, 15) is 9.59 Å². The summed E-state index contributed by atoms with van der Waals surface area (Å²) in [7, 11) is 0. The third-order valence-corrected chi connectivity index (χ3v) is 4.86. The third-order valence-electron chi connectivity index (χ3n) is 4.86. The lowest BCUT2D eigenvalue weighted by atomic mass is 9.98. The van der Waals surface area contributed by atoms with Crippen LogP contribution in [0.25, 0.3) is 16.5 Å². The summed E-state index contributed by atoms with van der Waals surface area (Å²) in [5.74, 6) is 0.464. The van der Waals surface area contributed by atoms with Crippen LogP contribution in [0.4, 0.5) is 5.69 Å². The van der Waals surface area contributed by atoms with Crippen LogP contribution in [-0.4, -0.2) is 18.3 Å². The average molecular weight is 391 g/mol. The van der Waals surface area contributed by atoms with Crippen LogP contribution in [0.15, 0.2) is 47.1 Å². The van der Waals surface area contributed by atoms with Crippen molar-refractivity contribution in [3.05, 3.63) is 64.9 Å². The molecule has 0 saturated carbocycles. The van der Waals surface area contributed by atoms with Crippen LogP contribution in [0.2, 0.25) is 0 Å². The fourth-order valence-corrected chi connectivity index (χ4v) is 3.30. The number of amides is 1. The van der Waals surface area contributed by atoms with E-state index in [1.807, 2.05) is 33.8 Å². The molecule has 29 heavy (non-hydrogen) atoms. The van der Waals surface area contributed by atoms with E-state index in [4.69, 9.17) is 9.15 Å².